The van der Waals surface area contributed by atoms with Gasteiger partial charge in [0.15, 0.2) is 5.76 Å². The molecule has 0 saturated carbocycles. The fourth-order valence-corrected chi connectivity index (χ4v) is 4.55. The highest BCUT2D eigenvalue weighted by molar-refractivity contribution is 7.98. The Bertz CT molecular complexity index is 977. The van der Waals surface area contributed by atoms with Crippen LogP contribution >= 0.6 is 24.2 Å². The smallest absolute Gasteiger partial charge is 0.287 e. The molecule has 0 spiro atoms. The van der Waals surface area contributed by atoms with Crippen molar-refractivity contribution in [2.75, 3.05) is 6.54 Å². The minimum absolute atomic E-state index is 0. The maximum Gasteiger partial charge on any atom is 0.287 e. The molecule has 7 heteroatoms. The molecule has 154 valence electrons. The highest BCUT2D eigenvalue weighted by Gasteiger charge is 2.25. The van der Waals surface area contributed by atoms with Crippen LogP contribution in [0.25, 0.3) is 11.0 Å². The van der Waals surface area contributed by atoms with Crippen LogP contribution in [0.4, 0.5) is 4.39 Å². The van der Waals surface area contributed by atoms with Gasteiger partial charge in [0, 0.05) is 33.7 Å². The van der Waals surface area contributed by atoms with Crippen LogP contribution < -0.4 is 10.6 Å². The molecule has 2 heterocycles. The molecule has 29 heavy (non-hydrogen) atoms. The van der Waals surface area contributed by atoms with E-state index >= 15 is 0 Å². The van der Waals surface area contributed by atoms with Gasteiger partial charge in [-0.2, -0.15) is 0 Å². The molecule has 2 N–H and O–H groups in total. The molecule has 2 aromatic carbocycles. The number of fused-ring (bicyclic) bond motifs is 1. The van der Waals surface area contributed by atoms with E-state index in [-0.39, 0.29) is 30.2 Å². The third kappa shape index (κ3) is 5.13. The summed E-state index contributed by atoms with van der Waals surface area (Å²) in [5, 5.41) is 7.48. The van der Waals surface area contributed by atoms with Gasteiger partial charge in [0.05, 0.1) is 0 Å². The number of benzene rings is 2. The van der Waals surface area contributed by atoms with Crippen LogP contribution in [-0.4, -0.2) is 24.5 Å². The molecule has 2 atom stereocenters. The maximum atomic E-state index is 13.1. The molecule has 1 amide bonds. The molecule has 1 aliphatic heterocycles. The van der Waals surface area contributed by atoms with E-state index in [0.29, 0.717) is 23.1 Å². The Morgan fingerprint density at radius 1 is 1.24 bits per heavy atom. The largest absolute Gasteiger partial charge is 0.451 e. The van der Waals surface area contributed by atoms with E-state index in [9.17, 15) is 9.18 Å². The van der Waals surface area contributed by atoms with Crippen LogP contribution in [0.2, 0.25) is 0 Å². The number of carbonyl (C=O) groups is 1. The maximum absolute atomic E-state index is 13.1. The molecule has 1 saturated heterocycles. The molecule has 1 fully saturated rings. The zero-order chi connectivity index (χ0) is 19.5. The summed E-state index contributed by atoms with van der Waals surface area (Å²) in [6.07, 6.45) is 1.82. The van der Waals surface area contributed by atoms with E-state index in [2.05, 4.69) is 17.6 Å². The van der Waals surface area contributed by atoms with Crippen LogP contribution in [0.1, 0.15) is 35.9 Å². The standard InChI is InChI=1S/C22H23FN2O2S.ClH/c1-14-12-16(10-11-24-14)25-22(26)21-19(18-4-2-3-5-20(18)27-21)13-28-17-8-6-15(23)7-9-17;/h2-9,14,16,24H,10-13H2,1H3,(H,25,26);1H. The fraction of sp³-hybridized carbons (Fsp3) is 0.318. The minimum atomic E-state index is -0.255. The molecule has 0 radical (unpaired) electrons. The second-order valence-electron chi connectivity index (χ2n) is 7.20. The van der Waals surface area contributed by atoms with Gasteiger partial charge in [-0.25, -0.2) is 4.39 Å². The summed E-state index contributed by atoms with van der Waals surface area (Å²) < 4.78 is 19.1. The van der Waals surface area contributed by atoms with E-state index < -0.39 is 0 Å². The van der Waals surface area contributed by atoms with Gasteiger partial charge in [-0.15, -0.1) is 24.2 Å². The topological polar surface area (TPSA) is 54.3 Å². The van der Waals surface area contributed by atoms with E-state index in [4.69, 9.17) is 4.42 Å². The summed E-state index contributed by atoms with van der Waals surface area (Å²) in [4.78, 5) is 13.9. The molecule has 2 unspecified atom stereocenters. The van der Waals surface area contributed by atoms with Crippen LogP contribution in [-0.2, 0) is 5.75 Å². The molecule has 3 aromatic rings. The van der Waals surface area contributed by atoms with Gasteiger partial charge in [-0.3, -0.25) is 4.79 Å². The van der Waals surface area contributed by atoms with Gasteiger partial charge < -0.3 is 15.1 Å². The second-order valence-corrected chi connectivity index (χ2v) is 8.25. The number of rotatable bonds is 5. The zero-order valence-corrected chi connectivity index (χ0v) is 17.7. The second kappa shape index (κ2) is 9.65. The van der Waals surface area contributed by atoms with Crippen molar-refractivity contribution in [3.63, 3.8) is 0 Å². The normalized spacial score (nSPS) is 19.0. The fourth-order valence-electron chi connectivity index (χ4n) is 3.63. The number of piperidine rings is 1. The monoisotopic (exact) mass is 434 g/mol. The first-order chi connectivity index (χ1) is 13.6. The molecular formula is C22H24ClFN2O2S. The Balaban J connectivity index is 0.00000240. The van der Waals surface area contributed by atoms with Gasteiger partial charge >= 0.3 is 0 Å². The lowest BCUT2D eigenvalue weighted by atomic mass is 10.0. The van der Waals surface area contributed by atoms with E-state index in [0.717, 1.165) is 35.2 Å². The molecule has 1 aromatic heterocycles. The third-order valence-electron chi connectivity index (χ3n) is 5.06. The number of nitrogens with one attached hydrogen (secondary N) is 2. The van der Waals surface area contributed by atoms with Crippen molar-refractivity contribution in [2.45, 2.75) is 42.5 Å². The van der Waals surface area contributed by atoms with Crippen LogP contribution in [0, 0.1) is 5.82 Å². The minimum Gasteiger partial charge on any atom is -0.451 e. The summed E-state index contributed by atoms with van der Waals surface area (Å²) in [5.74, 6) is 0.537. The summed E-state index contributed by atoms with van der Waals surface area (Å²) in [5.41, 5.74) is 1.59. The van der Waals surface area contributed by atoms with Gasteiger partial charge in [-0.05, 0) is 56.6 Å². The predicted octanol–water partition coefficient (Wildman–Crippen LogP) is 5.16. The van der Waals surface area contributed by atoms with Gasteiger partial charge in [0.1, 0.15) is 11.4 Å². The summed E-state index contributed by atoms with van der Waals surface area (Å²) in [7, 11) is 0. The first-order valence-corrected chi connectivity index (χ1v) is 10.5. The summed E-state index contributed by atoms with van der Waals surface area (Å²) in [6.45, 7) is 3.03. The van der Waals surface area contributed by atoms with Crippen LogP contribution in [0.3, 0.4) is 0 Å². The molecular weight excluding hydrogens is 411 g/mol. The van der Waals surface area contributed by atoms with Gasteiger partial charge in [0.2, 0.25) is 0 Å². The number of carbonyl (C=O) groups excluding carboxylic acids is 1. The predicted molar refractivity (Wildman–Crippen MR) is 117 cm³/mol. The Labute approximate surface area is 180 Å². The van der Waals surface area contributed by atoms with Crippen molar-refractivity contribution < 1.29 is 13.6 Å². The number of hydrogen-bond acceptors (Lipinski definition) is 4. The summed E-state index contributed by atoms with van der Waals surface area (Å²) in [6, 6.07) is 14.6. The highest BCUT2D eigenvalue weighted by atomic mass is 35.5. The van der Waals surface area contributed by atoms with Crippen molar-refractivity contribution >= 4 is 41.0 Å². The Kier molecular flexibility index (Phi) is 7.22. The van der Waals surface area contributed by atoms with E-state index in [1.165, 1.54) is 12.1 Å². The molecule has 0 bridgehead atoms. The number of amides is 1. The van der Waals surface area contributed by atoms with Crippen molar-refractivity contribution in [1.29, 1.82) is 0 Å². The molecule has 0 aliphatic carbocycles. The quantitative estimate of drug-likeness (QED) is 0.545. The van der Waals surface area contributed by atoms with Crippen LogP contribution in [0.5, 0.6) is 0 Å². The Morgan fingerprint density at radius 3 is 2.76 bits per heavy atom. The SMILES string of the molecule is CC1CC(NC(=O)c2oc3ccccc3c2CSc2ccc(F)cc2)CCN1.Cl. The molecule has 4 nitrogen and oxygen atoms in total. The lowest BCUT2D eigenvalue weighted by Gasteiger charge is -2.28. The number of furan rings is 1. The Hall–Kier alpha value is -2.02. The average Bonchev–Trinajstić information content (AvgIpc) is 3.06. The van der Waals surface area contributed by atoms with E-state index in [1.807, 2.05) is 24.3 Å². The van der Waals surface area contributed by atoms with E-state index in [1.54, 1.807) is 23.9 Å². The van der Waals surface area contributed by atoms with Crippen molar-refractivity contribution in [3.8, 4) is 0 Å². The van der Waals surface area contributed by atoms with Gasteiger partial charge in [0.25, 0.3) is 5.91 Å². The summed E-state index contributed by atoms with van der Waals surface area (Å²) >= 11 is 1.56. The number of halogens is 2. The zero-order valence-electron chi connectivity index (χ0n) is 16.1. The van der Waals surface area contributed by atoms with Crippen molar-refractivity contribution in [1.82, 2.24) is 10.6 Å². The highest BCUT2D eigenvalue weighted by Crippen LogP contribution is 2.32. The van der Waals surface area contributed by atoms with Gasteiger partial charge in [-0.1, -0.05) is 18.2 Å². The number of para-hydroxylation sites is 1. The number of hydrogen-bond donors (Lipinski definition) is 2. The number of thioether (sulfide) groups is 1. The lowest BCUT2D eigenvalue weighted by molar-refractivity contribution is 0.0898. The van der Waals surface area contributed by atoms with Crippen LogP contribution in [0.15, 0.2) is 57.8 Å². The molecule has 1 aliphatic rings. The Morgan fingerprint density at radius 2 is 2.00 bits per heavy atom. The lowest BCUT2D eigenvalue weighted by Crippen LogP contribution is -2.46. The van der Waals surface area contributed by atoms with Crippen molar-refractivity contribution in [3.05, 3.63) is 65.7 Å². The first-order valence-electron chi connectivity index (χ1n) is 9.53. The molecule has 4 rings (SSSR count). The third-order valence-corrected chi connectivity index (χ3v) is 6.10. The first kappa shape index (κ1) is 21.7. The van der Waals surface area contributed by atoms with Crippen molar-refractivity contribution in [2.24, 2.45) is 0 Å². The average molecular weight is 435 g/mol.